The Balaban J connectivity index is 1.33. The quantitative estimate of drug-likeness (QED) is 0.129. The van der Waals surface area contributed by atoms with E-state index in [1.54, 1.807) is 0 Å². The van der Waals surface area contributed by atoms with Gasteiger partial charge in [0.05, 0.1) is 28.1 Å². The van der Waals surface area contributed by atoms with Crippen LogP contribution in [-0.2, 0) is 16.2 Å². The summed E-state index contributed by atoms with van der Waals surface area (Å²) < 4.78 is 13.4. The first-order valence-electron chi connectivity index (χ1n) is 18.5. The minimum Gasteiger partial charge on any atom is -0.458 e. The molecule has 0 spiro atoms. The number of hydrogen-bond donors (Lipinski definition) is 0. The van der Waals surface area contributed by atoms with Crippen LogP contribution in [0.3, 0.4) is 0 Å². The predicted octanol–water partition coefficient (Wildman–Crippen LogP) is 11.9. The first-order valence-corrected chi connectivity index (χ1v) is 18.5. The van der Waals surface area contributed by atoms with Crippen molar-refractivity contribution >= 4 is 21.8 Å². The number of rotatable bonds is 6. The molecule has 3 aromatic heterocycles. The van der Waals surface area contributed by atoms with Gasteiger partial charge in [-0.25, -0.2) is 4.98 Å². The Morgan fingerprint density at radius 1 is 0.654 bits per heavy atom. The fourth-order valence-electron chi connectivity index (χ4n) is 6.88. The maximum atomic E-state index is 6.78. The molecule has 266 valence electrons. The zero-order valence-corrected chi connectivity index (χ0v) is 32.7. The third kappa shape index (κ3) is 6.77. The van der Waals surface area contributed by atoms with Crippen LogP contribution in [-0.4, -0.2) is 14.1 Å². The van der Waals surface area contributed by atoms with Gasteiger partial charge in [-0.1, -0.05) is 106 Å². The number of hydrogen-bond acceptors (Lipinski definition) is 2. The van der Waals surface area contributed by atoms with Gasteiger partial charge in [-0.2, -0.15) is 0 Å². The van der Waals surface area contributed by atoms with Crippen LogP contribution in [0.25, 0.3) is 39.0 Å². The van der Waals surface area contributed by atoms with Crippen LogP contribution < -0.4 is 9.30 Å². The monoisotopic (exact) mass is 688 g/mol. The lowest BCUT2D eigenvalue weighted by molar-refractivity contribution is -0.611. The van der Waals surface area contributed by atoms with Gasteiger partial charge in [-0.05, 0) is 99.5 Å². The van der Waals surface area contributed by atoms with Crippen molar-refractivity contribution < 1.29 is 9.30 Å². The molecule has 0 radical (unpaired) electrons. The Labute approximate surface area is 309 Å². The predicted molar refractivity (Wildman–Crippen MR) is 215 cm³/mol. The number of para-hydroxylation sites is 1. The van der Waals surface area contributed by atoms with Crippen LogP contribution in [0.2, 0.25) is 0 Å². The molecule has 0 aliphatic rings. The molecule has 5 nitrogen and oxygen atoms in total. The Kier molecular flexibility index (Phi) is 8.68. The van der Waals surface area contributed by atoms with Crippen LogP contribution in [0.5, 0.6) is 11.5 Å². The van der Waals surface area contributed by atoms with Crippen LogP contribution in [0.1, 0.15) is 104 Å². The second-order valence-corrected chi connectivity index (χ2v) is 17.6. The minimum atomic E-state index is -0.108. The van der Waals surface area contributed by atoms with Gasteiger partial charge in [-0.3, -0.25) is 13.7 Å². The molecule has 0 saturated heterocycles. The molecule has 5 heteroatoms. The number of pyridine rings is 1. The Bertz CT molecular complexity index is 2420. The number of nitrogens with zero attached hydrogens (tertiary/aromatic N) is 4. The molecule has 0 atom stereocenters. The lowest BCUT2D eigenvalue weighted by Gasteiger charge is -2.23. The van der Waals surface area contributed by atoms with Crippen LogP contribution in [0.15, 0.2) is 109 Å². The maximum Gasteiger partial charge on any atom is 0.269 e. The summed E-state index contributed by atoms with van der Waals surface area (Å²) >= 11 is 0. The normalized spacial score (nSPS) is 12.7. The summed E-state index contributed by atoms with van der Waals surface area (Å²) in [5.74, 6) is 2.77. The summed E-state index contributed by atoms with van der Waals surface area (Å²) in [7, 11) is 0. The van der Waals surface area contributed by atoms with Gasteiger partial charge in [0, 0.05) is 29.2 Å². The molecule has 0 N–H and O–H groups in total. The second kappa shape index (κ2) is 12.8. The average molecular weight is 689 g/mol. The van der Waals surface area contributed by atoms with Gasteiger partial charge in [0.15, 0.2) is 0 Å². The van der Waals surface area contributed by atoms with Crippen molar-refractivity contribution in [3.05, 3.63) is 138 Å². The number of ether oxygens (including phenoxy) is 1. The van der Waals surface area contributed by atoms with E-state index in [0.29, 0.717) is 5.92 Å². The Morgan fingerprint density at radius 2 is 1.37 bits per heavy atom. The first kappa shape index (κ1) is 35.3. The molecule has 7 rings (SSSR count). The van der Waals surface area contributed by atoms with Gasteiger partial charge < -0.3 is 4.74 Å². The molecule has 7 aromatic rings. The Morgan fingerprint density at radius 3 is 2.08 bits per heavy atom. The second-order valence-electron chi connectivity index (χ2n) is 17.6. The summed E-state index contributed by atoms with van der Waals surface area (Å²) in [6.07, 6.45) is 7.84. The highest BCUT2D eigenvalue weighted by Crippen LogP contribution is 2.37. The zero-order valence-electron chi connectivity index (χ0n) is 32.7. The summed E-state index contributed by atoms with van der Waals surface area (Å²) in [4.78, 5) is 4.86. The molecule has 52 heavy (non-hydrogen) atoms. The van der Waals surface area contributed by atoms with Gasteiger partial charge >= 0.3 is 0 Å². The molecule has 0 saturated carbocycles. The van der Waals surface area contributed by atoms with E-state index in [1.807, 2.05) is 6.20 Å². The SMILES string of the molecule is CC(C)c1cc(Oc2ccc3c4ccccc4n(-c4cc(C(C)(C)C)ccn4)c3c2)cc(-n2[c-][n+](-c3cccc(C(C)(C)C)c3)c(C(C)(C)C)c2)c1. The average Bonchev–Trinajstić information content (AvgIpc) is 3.68. The third-order valence-corrected chi connectivity index (χ3v) is 10.0. The highest BCUT2D eigenvalue weighted by Gasteiger charge is 2.24. The third-order valence-electron chi connectivity index (χ3n) is 10.0. The van der Waals surface area contributed by atoms with Crippen LogP contribution in [0.4, 0.5) is 0 Å². The number of fused-ring (bicyclic) bond motifs is 3. The molecule has 4 aromatic carbocycles. The van der Waals surface area contributed by atoms with Gasteiger partial charge in [-0.15, -0.1) is 0 Å². The van der Waals surface area contributed by atoms with E-state index in [4.69, 9.17) is 9.72 Å². The molecule has 3 heterocycles. The van der Waals surface area contributed by atoms with E-state index >= 15 is 0 Å². The molecule has 0 fully saturated rings. The van der Waals surface area contributed by atoms with E-state index in [2.05, 4.69) is 199 Å². The summed E-state index contributed by atoms with van der Waals surface area (Å²) in [5.41, 5.74) is 9.16. The fraction of sp³-hybridized carbons (Fsp3) is 0.319. The molecule has 0 amide bonds. The van der Waals surface area contributed by atoms with E-state index in [1.165, 1.54) is 33.2 Å². The number of imidazole rings is 1. The van der Waals surface area contributed by atoms with E-state index in [9.17, 15) is 0 Å². The topological polar surface area (TPSA) is 35.9 Å². The van der Waals surface area contributed by atoms with Gasteiger partial charge in [0.25, 0.3) is 6.33 Å². The smallest absolute Gasteiger partial charge is 0.269 e. The van der Waals surface area contributed by atoms with Crippen molar-refractivity contribution in [1.82, 2.24) is 14.1 Å². The molecule has 0 bridgehead atoms. The summed E-state index contributed by atoms with van der Waals surface area (Å²) in [6.45, 7) is 24.7. The standard InChI is InChI=1S/C47H52N4O/c1-31(2)32-23-36(49-29-43(47(9,10)11)50(30-49)35-16-14-15-33(25-35)45(3,4)5)27-38(24-32)52-37-19-20-40-39-17-12-13-18-41(39)51(42(40)28-37)44-26-34(21-22-48-44)46(6,7)8/h12-29,31H,1-11H3. The largest absolute Gasteiger partial charge is 0.458 e. The zero-order chi connectivity index (χ0) is 37.2. The highest BCUT2D eigenvalue weighted by atomic mass is 16.5. The minimum absolute atomic E-state index is 0.00435. The van der Waals surface area contributed by atoms with Gasteiger partial charge in [0.1, 0.15) is 17.3 Å². The van der Waals surface area contributed by atoms with Crippen molar-refractivity contribution in [2.75, 3.05) is 0 Å². The lowest BCUT2D eigenvalue weighted by atomic mass is 9.86. The van der Waals surface area contributed by atoms with E-state index in [0.717, 1.165) is 39.7 Å². The molecule has 0 unspecified atom stereocenters. The van der Waals surface area contributed by atoms with Crippen molar-refractivity contribution in [1.29, 1.82) is 0 Å². The first-order chi connectivity index (χ1) is 24.5. The van der Waals surface area contributed by atoms with E-state index < -0.39 is 0 Å². The van der Waals surface area contributed by atoms with Crippen LogP contribution in [0, 0.1) is 6.33 Å². The van der Waals surface area contributed by atoms with Crippen LogP contribution >= 0.6 is 0 Å². The molecular formula is C47H52N4O. The molecular weight excluding hydrogens is 637 g/mol. The number of benzene rings is 4. The highest BCUT2D eigenvalue weighted by molar-refractivity contribution is 6.09. The van der Waals surface area contributed by atoms with Gasteiger partial charge in [0.2, 0.25) is 0 Å². The summed E-state index contributed by atoms with van der Waals surface area (Å²) in [6, 6.07) is 34.7. The Hall–Kier alpha value is -5.16. The van der Waals surface area contributed by atoms with Crippen molar-refractivity contribution in [2.45, 2.75) is 98.3 Å². The van der Waals surface area contributed by atoms with Crippen molar-refractivity contribution in [2.24, 2.45) is 0 Å². The maximum absolute atomic E-state index is 6.78. The number of aromatic nitrogens is 4. The summed E-state index contributed by atoms with van der Waals surface area (Å²) in [5, 5.41) is 2.36. The molecule has 0 aliphatic carbocycles. The van der Waals surface area contributed by atoms with Crippen molar-refractivity contribution in [3.63, 3.8) is 0 Å². The lowest BCUT2D eigenvalue weighted by Crippen LogP contribution is -2.39. The van der Waals surface area contributed by atoms with E-state index in [-0.39, 0.29) is 16.2 Å². The molecule has 0 aliphatic heterocycles. The van der Waals surface area contributed by atoms with Crippen molar-refractivity contribution in [3.8, 4) is 28.7 Å². The fourth-order valence-corrected chi connectivity index (χ4v) is 6.88.